The van der Waals surface area contributed by atoms with Crippen molar-refractivity contribution in [1.82, 2.24) is 14.8 Å². The zero-order valence-electron chi connectivity index (χ0n) is 11.8. The van der Waals surface area contributed by atoms with Crippen molar-refractivity contribution in [1.29, 1.82) is 0 Å². The highest BCUT2D eigenvalue weighted by Gasteiger charge is 2.18. The van der Waals surface area contributed by atoms with Gasteiger partial charge in [-0.05, 0) is 35.4 Å². The van der Waals surface area contributed by atoms with Gasteiger partial charge < -0.3 is 4.57 Å². The summed E-state index contributed by atoms with van der Waals surface area (Å²) >= 11 is 1.48. The quantitative estimate of drug-likeness (QED) is 0.682. The summed E-state index contributed by atoms with van der Waals surface area (Å²) in [6.45, 7) is 0. The van der Waals surface area contributed by atoms with Crippen LogP contribution in [0.3, 0.4) is 0 Å². The summed E-state index contributed by atoms with van der Waals surface area (Å²) in [7, 11) is 1.86. The summed E-state index contributed by atoms with van der Waals surface area (Å²) in [5.74, 6) is -0.574. The number of thioether (sulfide) groups is 1. The molecule has 3 aromatic rings. The molecule has 1 heterocycles. The Hall–Kier alpha value is -2.21. The largest absolute Gasteiger partial charge is 0.312 e. The molecule has 0 aliphatic rings. The molecule has 3 nitrogen and oxygen atoms in total. The second kappa shape index (κ2) is 6.27. The number of hydrogen-bond donors (Lipinski definition) is 0. The van der Waals surface area contributed by atoms with Crippen molar-refractivity contribution >= 4 is 11.8 Å². The molecule has 2 aromatic carbocycles. The molecule has 0 saturated heterocycles. The molecule has 0 bridgehead atoms. The predicted octanol–water partition coefficient (Wildman–Crippen LogP) is 3.98. The summed E-state index contributed by atoms with van der Waals surface area (Å²) in [5.41, 5.74) is 1.84. The maximum absolute atomic E-state index is 13.2. The van der Waals surface area contributed by atoms with Gasteiger partial charge in [0.15, 0.2) is 5.16 Å². The summed E-state index contributed by atoms with van der Waals surface area (Å²) in [6, 6.07) is 12.6. The fraction of sp³-hybridized carbons (Fsp3) is 0.125. The molecule has 0 N–H and O–H groups in total. The van der Waals surface area contributed by atoms with Crippen LogP contribution in [0.4, 0.5) is 8.78 Å². The number of aromatic nitrogens is 3. The summed E-state index contributed by atoms with van der Waals surface area (Å²) in [4.78, 5) is 0. The van der Waals surface area contributed by atoms with Gasteiger partial charge in [0.1, 0.15) is 18.0 Å². The number of hydrogen-bond acceptors (Lipinski definition) is 3. The minimum absolute atomic E-state index is 0.121. The fourth-order valence-electron chi connectivity index (χ4n) is 2.09. The van der Waals surface area contributed by atoms with Crippen LogP contribution >= 0.6 is 11.8 Å². The zero-order valence-corrected chi connectivity index (χ0v) is 12.6. The van der Waals surface area contributed by atoms with Gasteiger partial charge in [0, 0.05) is 7.05 Å². The van der Waals surface area contributed by atoms with Crippen molar-refractivity contribution in [3.05, 3.63) is 77.6 Å². The van der Waals surface area contributed by atoms with Crippen LogP contribution < -0.4 is 0 Å². The van der Waals surface area contributed by atoms with Crippen molar-refractivity contribution in [2.24, 2.45) is 7.05 Å². The van der Waals surface area contributed by atoms with Crippen LogP contribution in [0.5, 0.6) is 0 Å². The normalized spacial score (nSPS) is 11.1. The molecule has 0 aliphatic carbocycles. The first kappa shape index (κ1) is 14.7. The van der Waals surface area contributed by atoms with Crippen LogP contribution in [0.25, 0.3) is 0 Å². The Morgan fingerprint density at radius 3 is 1.82 bits per heavy atom. The number of nitrogens with zero attached hydrogens (tertiary/aromatic N) is 3. The SMILES string of the molecule is Cn1cnnc1SC(c1ccc(F)cc1)c1ccc(F)cc1. The van der Waals surface area contributed by atoms with E-state index in [0.29, 0.717) is 0 Å². The molecule has 112 valence electrons. The molecule has 1 aromatic heterocycles. The van der Waals surface area contributed by atoms with Crippen LogP contribution in [0.1, 0.15) is 16.4 Å². The maximum atomic E-state index is 13.2. The van der Waals surface area contributed by atoms with Gasteiger partial charge in [-0.25, -0.2) is 8.78 Å². The van der Waals surface area contributed by atoms with Crippen molar-refractivity contribution in [3.8, 4) is 0 Å². The predicted molar refractivity (Wildman–Crippen MR) is 81.5 cm³/mol. The van der Waals surface area contributed by atoms with E-state index in [-0.39, 0.29) is 16.9 Å². The van der Waals surface area contributed by atoms with Crippen molar-refractivity contribution in [3.63, 3.8) is 0 Å². The minimum Gasteiger partial charge on any atom is -0.312 e. The van der Waals surface area contributed by atoms with E-state index in [1.807, 2.05) is 11.6 Å². The molecule has 0 amide bonds. The number of halogens is 2. The van der Waals surface area contributed by atoms with Crippen LogP contribution in [-0.4, -0.2) is 14.8 Å². The smallest absolute Gasteiger partial charge is 0.191 e. The van der Waals surface area contributed by atoms with Crippen LogP contribution in [-0.2, 0) is 7.05 Å². The second-order valence-electron chi connectivity index (χ2n) is 4.83. The summed E-state index contributed by atoms with van der Waals surface area (Å²) in [6.07, 6.45) is 1.62. The highest BCUT2D eigenvalue weighted by molar-refractivity contribution is 7.99. The molecule has 0 saturated carbocycles. The van der Waals surface area contributed by atoms with E-state index in [2.05, 4.69) is 10.2 Å². The molecule has 0 radical (unpaired) electrons. The van der Waals surface area contributed by atoms with Crippen molar-refractivity contribution < 1.29 is 8.78 Å². The zero-order chi connectivity index (χ0) is 15.5. The first-order valence-corrected chi connectivity index (χ1v) is 7.53. The first-order valence-electron chi connectivity index (χ1n) is 6.65. The number of benzene rings is 2. The van der Waals surface area contributed by atoms with Crippen LogP contribution in [0, 0.1) is 11.6 Å². The van der Waals surface area contributed by atoms with Gasteiger partial charge >= 0.3 is 0 Å². The van der Waals surface area contributed by atoms with Crippen LogP contribution in [0.2, 0.25) is 0 Å². The van der Waals surface area contributed by atoms with Crippen molar-refractivity contribution in [2.75, 3.05) is 0 Å². The molecule has 0 atom stereocenters. The average Bonchev–Trinajstić information content (AvgIpc) is 2.92. The van der Waals surface area contributed by atoms with Gasteiger partial charge in [0.05, 0.1) is 5.25 Å². The molecule has 22 heavy (non-hydrogen) atoms. The maximum Gasteiger partial charge on any atom is 0.191 e. The lowest BCUT2D eigenvalue weighted by Gasteiger charge is -2.17. The Morgan fingerprint density at radius 1 is 0.909 bits per heavy atom. The minimum atomic E-state index is -0.287. The second-order valence-corrected chi connectivity index (χ2v) is 5.90. The lowest BCUT2D eigenvalue weighted by atomic mass is 10.0. The summed E-state index contributed by atoms with van der Waals surface area (Å²) in [5, 5.41) is 8.55. The average molecular weight is 317 g/mol. The van der Waals surface area contributed by atoms with Crippen LogP contribution in [0.15, 0.2) is 60.0 Å². The van der Waals surface area contributed by atoms with Gasteiger partial charge in [-0.3, -0.25) is 0 Å². The molecule has 0 unspecified atom stereocenters. The highest BCUT2D eigenvalue weighted by atomic mass is 32.2. The third-order valence-corrected chi connectivity index (χ3v) is 4.60. The monoisotopic (exact) mass is 317 g/mol. The third-order valence-electron chi connectivity index (χ3n) is 3.24. The molecule has 0 fully saturated rings. The van der Waals surface area contributed by atoms with E-state index in [9.17, 15) is 8.78 Å². The molecule has 0 aliphatic heterocycles. The topological polar surface area (TPSA) is 30.7 Å². The lowest BCUT2D eigenvalue weighted by Crippen LogP contribution is -2.00. The van der Waals surface area contributed by atoms with E-state index in [1.54, 1.807) is 30.6 Å². The Labute approximate surface area is 131 Å². The molecular formula is C16H13F2N3S. The Balaban J connectivity index is 1.99. The molecule has 3 rings (SSSR count). The first-order chi connectivity index (χ1) is 10.6. The molecule has 6 heteroatoms. The standard InChI is InChI=1S/C16H13F2N3S/c1-21-10-19-20-16(21)22-15(11-2-6-13(17)7-3-11)12-4-8-14(18)9-5-12/h2-10,15H,1H3. The van der Waals surface area contributed by atoms with E-state index in [4.69, 9.17) is 0 Å². The van der Waals surface area contributed by atoms with E-state index in [1.165, 1.54) is 36.0 Å². The fourth-order valence-corrected chi connectivity index (χ4v) is 3.19. The van der Waals surface area contributed by atoms with Gasteiger partial charge in [-0.2, -0.15) is 0 Å². The lowest BCUT2D eigenvalue weighted by molar-refractivity contribution is 0.626. The molecular weight excluding hydrogens is 304 g/mol. The number of rotatable bonds is 4. The number of aryl methyl sites for hydroxylation is 1. The van der Waals surface area contributed by atoms with Crippen molar-refractivity contribution in [2.45, 2.75) is 10.4 Å². The summed E-state index contributed by atoms with van der Waals surface area (Å²) < 4.78 is 28.1. The Morgan fingerprint density at radius 2 is 1.41 bits per heavy atom. The van der Waals surface area contributed by atoms with Gasteiger partial charge in [0.2, 0.25) is 0 Å². The van der Waals surface area contributed by atoms with E-state index >= 15 is 0 Å². The van der Waals surface area contributed by atoms with E-state index < -0.39 is 0 Å². The van der Waals surface area contributed by atoms with Gasteiger partial charge in [0.25, 0.3) is 0 Å². The van der Waals surface area contributed by atoms with Gasteiger partial charge in [-0.15, -0.1) is 10.2 Å². The molecule has 0 spiro atoms. The van der Waals surface area contributed by atoms with E-state index in [0.717, 1.165) is 16.3 Å². The third kappa shape index (κ3) is 3.17. The highest BCUT2D eigenvalue weighted by Crippen LogP contribution is 2.39. The Kier molecular flexibility index (Phi) is 4.20. The Bertz CT molecular complexity index is 708. The van der Waals surface area contributed by atoms with Gasteiger partial charge in [-0.1, -0.05) is 36.0 Å².